The van der Waals surface area contributed by atoms with Crippen LogP contribution in [0.2, 0.25) is 0 Å². The molecule has 0 amide bonds. The maximum atomic E-state index is 10.6. The normalized spacial score (nSPS) is 11.2. The van der Waals surface area contributed by atoms with Crippen LogP contribution in [0, 0.1) is 10.1 Å². The number of nitrogens with zero attached hydrogens (tertiary/aromatic N) is 1. The van der Waals surface area contributed by atoms with Crippen molar-refractivity contribution < 1.29 is 14.8 Å². The van der Waals surface area contributed by atoms with E-state index in [9.17, 15) is 15.2 Å². The van der Waals surface area contributed by atoms with Crippen molar-refractivity contribution in [3.8, 4) is 11.5 Å². The van der Waals surface area contributed by atoms with Gasteiger partial charge in [-0.1, -0.05) is 13.0 Å². The van der Waals surface area contributed by atoms with Gasteiger partial charge in [-0.05, 0) is 17.7 Å². The quantitative estimate of drug-likeness (QED) is 0.628. The van der Waals surface area contributed by atoms with Crippen molar-refractivity contribution in [3.05, 3.63) is 39.6 Å². The number of benzene rings is 1. The Morgan fingerprint density at radius 2 is 2.31 bits per heavy atom. The molecule has 0 atom stereocenters. The molecule has 0 unspecified atom stereocenters. The average molecular weight is 223 g/mol. The van der Waals surface area contributed by atoms with Crippen LogP contribution in [0.25, 0.3) is 6.08 Å². The summed E-state index contributed by atoms with van der Waals surface area (Å²) in [6.07, 6.45) is 1.80. The van der Waals surface area contributed by atoms with Crippen LogP contribution in [0.15, 0.2) is 23.9 Å². The Hall–Kier alpha value is -2.04. The number of rotatable bonds is 4. The van der Waals surface area contributed by atoms with Crippen LogP contribution in [0.4, 0.5) is 0 Å². The molecular weight excluding hydrogens is 210 g/mol. The molecule has 0 fully saturated rings. The van der Waals surface area contributed by atoms with Gasteiger partial charge < -0.3 is 9.84 Å². The summed E-state index contributed by atoms with van der Waals surface area (Å²) in [4.78, 5) is 10.2. The molecule has 5 nitrogen and oxygen atoms in total. The number of aromatic hydroxyl groups is 1. The highest BCUT2D eigenvalue weighted by atomic mass is 16.6. The Labute approximate surface area is 93.1 Å². The van der Waals surface area contributed by atoms with E-state index in [4.69, 9.17) is 4.74 Å². The van der Waals surface area contributed by atoms with Crippen LogP contribution in [0.1, 0.15) is 18.9 Å². The Morgan fingerprint density at radius 1 is 1.62 bits per heavy atom. The third kappa shape index (κ3) is 2.73. The first-order chi connectivity index (χ1) is 7.58. The minimum atomic E-state index is -0.417. The van der Waals surface area contributed by atoms with Gasteiger partial charge in [-0.3, -0.25) is 10.1 Å². The van der Waals surface area contributed by atoms with Crippen LogP contribution in [0.3, 0.4) is 0 Å². The van der Waals surface area contributed by atoms with Gasteiger partial charge >= 0.3 is 0 Å². The molecule has 1 aromatic rings. The van der Waals surface area contributed by atoms with Crippen molar-refractivity contribution in [2.45, 2.75) is 13.3 Å². The molecule has 86 valence electrons. The van der Waals surface area contributed by atoms with E-state index in [0.29, 0.717) is 17.7 Å². The summed E-state index contributed by atoms with van der Waals surface area (Å²) in [5.74, 6) is 0.311. The third-order valence-corrected chi connectivity index (χ3v) is 2.13. The van der Waals surface area contributed by atoms with Crippen molar-refractivity contribution in [2.24, 2.45) is 0 Å². The Balaban J connectivity index is 3.10. The molecule has 0 aromatic heterocycles. The zero-order valence-electron chi connectivity index (χ0n) is 9.14. The van der Waals surface area contributed by atoms with Gasteiger partial charge in [0.15, 0.2) is 11.5 Å². The number of nitro groups is 1. The van der Waals surface area contributed by atoms with Gasteiger partial charge in [0.1, 0.15) is 0 Å². The van der Waals surface area contributed by atoms with E-state index in [-0.39, 0.29) is 11.4 Å². The van der Waals surface area contributed by atoms with Gasteiger partial charge in [-0.15, -0.1) is 0 Å². The van der Waals surface area contributed by atoms with Crippen molar-refractivity contribution in [1.29, 1.82) is 0 Å². The van der Waals surface area contributed by atoms with E-state index in [2.05, 4.69) is 0 Å². The Morgan fingerprint density at radius 3 is 2.81 bits per heavy atom. The summed E-state index contributed by atoms with van der Waals surface area (Å²) in [7, 11) is 1.43. The molecule has 0 aliphatic rings. The van der Waals surface area contributed by atoms with Crippen molar-refractivity contribution in [2.75, 3.05) is 7.11 Å². The zero-order valence-corrected chi connectivity index (χ0v) is 9.14. The molecule has 5 heteroatoms. The first kappa shape index (κ1) is 12.0. The van der Waals surface area contributed by atoms with E-state index in [0.717, 1.165) is 0 Å². The standard InChI is InChI=1S/C11H13NO4/c1-3-9(12(14)15)6-8-4-5-10(13)11(7-8)16-2/h4-7,13H,3H2,1-2H3/b9-6+. The molecule has 0 saturated heterocycles. The molecule has 0 aliphatic carbocycles. The molecule has 0 aliphatic heterocycles. The lowest BCUT2D eigenvalue weighted by Crippen LogP contribution is -1.96. The maximum absolute atomic E-state index is 10.6. The van der Waals surface area contributed by atoms with Crippen LogP contribution >= 0.6 is 0 Å². The maximum Gasteiger partial charge on any atom is 0.246 e. The van der Waals surface area contributed by atoms with E-state index in [1.807, 2.05) is 0 Å². The largest absolute Gasteiger partial charge is 0.504 e. The number of methoxy groups -OCH3 is 1. The summed E-state index contributed by atoms with van der Waals surface area (Å²) in [5.41, 5.74) is 0.746. The number of phenolic OH excluding ortho intramolecular Hbond substituents is 1. The lowest BCUT2D eigenvalue weighted by Gasteiger charge is -2.03. The van der Waals surface area contributed by atoms with E-state index in [1.54, 1.807) is 19.1 Å². The number of hydrogen-bond acceptors (Lipinski definition) is 4. The first-order valence-corrected chi connectivity index (χ1v) is 4.80. The average Bonchev–Trinajstić information content (AvgIpc) is 2.27. The predicted molar refractivity (Wildman–Crippen MR) is 59.9 cm³/mol. The molecule has 0 bridgehead atoms. The van der Waals surface area contributed by atoms with Gasteiger partial charge in [0.2, 0.25) is 5.70 Å². The van der Waals surface area contributed by atoms with Gasteiger partial charge in [-0.25, -0.2) is 0 Å². The first-order valence-electron chi connectivity index (χ1n) is 4.80. The number of phenols is 1. The molecule has 16 heavy (non-hydrogen) atoms. The second-order valence-corrected chi connectivity index (χ2v) is 3.18. The zero-order chi connectivity index (χ0) is 12.1. The number of hydrogen-bond donors (Lipinski definition) is 1. The minimum absolute atomic E-state index is 0.0128. The summed E-state index contributed by atoms with van der Waals surface area (Å²) >= 11 is 0. The highest BCUT2D eigenvalue weighted by Gasteiger charge is 2.08. The van der Waals surface area contributed by atoms with Gasteiger partial charge in [0.25, 0.3) is 0 Å². The molecule has 1 N–H and O–H groups in total. The van der Waals surface area contributed by atoms with Crippen molar-refractivity contribution in [1.82, 2.24) is 0 Å². The van der Waals surface area contributed by atoms with Crippen LogP contribution < -0.4 is 4.74 Å². The topological polar surface area (TPSA) is 72.6 Å². The summed E-state index contributed by atoms with van der Waals surface area (Å²) in [6, 6.07) is 4.59. The second kappa shape index (κ2) is 5.16. The molecular formula is C11H13NO4. The molecule has 0 heterocycles. The molecule has 1 aromatic carbocycles. The van der Waals surface area contributed by atoms with Crippen LogP contribution in [-0.2, 0) is 0 Å². The summed E-state index contributed by atoms with van der Waals surface area (Å²) < 4.78 is 4.91. The molecule has 0 radical (unpaired) electrons. The van der Waals surface area contributed by atoms with Gasteiger partial charge in [0, 0.05) is 12.5 Å². The lowest BCUT2D eigenvalue weighted by atomic mass is 10.1. The molecule has 0 saturated carbocycles. The molecule has 0 spiro atoms. The van der Waals surface area contributed by atoms with Crippen LogP contribution in [-0.4, -0.2) is 17.1 Å². The van der Waals surface area contributed by atoms with E-state index >= 15 is 0 Å². The highest BCUT2D eigenvalue weighted by Crippen LogP contribution is 2.27. The fourth-order valence-corrected chi connectivity index (χ4v) is 1.26. The summed E-state index contributed by atoms with van der Waals surface area (Å²) in [5, 5.41) is 20.0. The third-order valence-electron chi connectivity index (χ3n) is 2.13. The van der Waals surface area contributed by atoms with Gasteiger partial charge in [0.05, 0.1) is 12.0 Å². The smallest absolute Gasteiger partial charge is 0.246 e. The van der Waals surface area contributed by atoms with Crippen LogP contribution in [0.5, 0.6) is 11.5 Å². The van der Waals surface area contributed by atoms with E-state index in [1.165, 1.54) is 19.3 Å². The number of allylic oxidation sites excluding steroid dienone is 1. The monoisotopic (exact) mass is 223 g/mol. The Bertz CT molecular complexity index is 426. The fourth-order valence-electron chi connectivity index (χ4n) is 1.26. The van der Waals surface area contributed by atoms with Crippen molar-refractivity contribution >= 4 is 6.08 Å². The SMILES string of the molecule is CC/C(=C\c1ccc(O)c(OC)c1)[N+](=O)[O-]. The highest BCUT2D eigenvalue weighted by molar-refractivity contribution is 5.56. The number of ether oxygens (including phenoxy) is 1. The molecule has 1 rings (SSSR count). The second-order valence-electron chi connectivity index (χ2n) is 3.18. The Kier molecular flexibility index (Phi) is 3.88. The predicted octanol–water partition coefficient (Wildman–Crippen LogP) is 2.43. The van der Waals surface area contributed by atoms with E-state index < -0.39 is 4.92 Å². The minimum Gasteiger partial charge on any atom is -0.504 e. The van der Waals surface area contributed by atoms with Gasteiger partial charge in [-0.2, -0.15) is 0 Å². The summed E-state index contributed by atoms with van der Waals surface area (Å²) in [6.45, 7) is 1.71. The lowest BCUT2D eigenvalue weighted by molar-refractivity contribution is -0.425. The van der Waals surface area contributed by atoms with Crippen molar-refractivity contribution in [3.63, 3.8) is 0 Å². The fraction of sp³-hybridized carbons (Fsp3) is 0.273.